The Morgan fingerprint density at radius 2 is 2.21 bits per heavy atom. The van der Waals surface area contributed by atoms with Gasteiger partial charge in [-0.1, -0.05) is 0 Å². The minimum Gasteiger partial charge on any atom is -0.494 e. The zero-order valence-electron chi connectivity index (χ0n) is 10.9. The number of nitrogens with one attached hydrogen (secondary N) is 2. The van der Waals surface area contributed by atoms with Crippen LogP contribution in [0.25, 0.3) is 0 Å². The van der Waals surface area contributed by atoms with Gasteiger partial charge in [0, 0.05) is 37.9 Å². The van der Waals surface area contributed by atoms with Crippen LogP contribution in [0.4, 0.5) is 10.1 Å². The van der Waals surface area contributed by atoms with Crippen LogP contribution < -0.4 is 15.4 Å². The standard InChI is InChI=1S/C13H18FN3O2/c1-19-12-3-2-10(8-11(12)14)16-13(18)9-17-6-4-15-5-7-17/h2-3,8,15H,4-7,9H2,1H3,(H,16,18). The lowest BCUT2D eigenvalue weighted by Gasteiger charge is -2.26. The number of carbonyl (C=O) groups is 1. The summed E-state index contributed by atoms with van der Waals surface area (Å²) in [6.07, 6.45) is 0. The monoisotopic (exact) mass is 267 g/mol. The van der Waals surface area contributed by atoms with E-state index in [-0.39, 0.29) is 11.7 Å². The fourth-order valence-corrected chi connectivity index (χ4v) is 2.02. The highest BCUT2D eigenvalue weighted by atomic mass is 19.1. The Morgan fingerprint density at radius 1 is 1.47 bits per heavy atom. The summed E-state index contributed by atoms with van der Waals surface area (Å²) in [6.45, 7) is 3.82. The van der Waals surface area contributed by atoms with Crippen LogP contribution >= 0.6 is 0 Å². The first kappa shape index (κ1) is 13.8. The highest BCUT2D eigenvalue weighted by molar-refractivity contribution is 5.92. The van der Waals surface area contributed by atoms with Crippen molar-refractivity contribution in [3.05, 3.63) is 24.0 Å². The molecule has 0 unspecified atom stereocenters. The zero-order chi connectivity index (χ0) is 13.7. The number of piperazine rings is 1. The molecule has 1 aliphatic rings. The highest BCUT2D eigenvalue weighted by Gasteiger charge is 2.14. The lowest BCUT2D eigenvalue weighted by atomic mass is 10.3. The molecule has 0 radical (unpaired) electrons. The number of amides is 1. The van der Waals surface area contributed by atoms with Crippen LogP contribution in [-0.4, -0.2) is 50.6 Å². The number of ether oxygens (including phenoxy) is 1. The smallest absolute Gasteiger partial charge is 0.238 e. The predicted molar refractivity (Wildman–Crippen MR) is 70.9 cm³/mol. The van der Waals surface area contributed by atoms with E-state index in [0.717, 1.165) is 26.2 Å². The Bertz CT molecular complexity index is 448. The van der Waals surface area contributed by atoms with E-state index >= 15 is 0 Å². The van der Waals surface area contributed by atoms with Gasteiger partial charge >= 0.3 is 0 Å². The fourth-order valence-electron chi connectivity index (χ4n) is 2.02. The summed E-state index contributed by atoms with van der Waals surface area (Å²) in [5, 5.41) is 5.91. The van der Waals surface area contributed by atoms with Gasteiger partial charge in [0.1, 0.15) is 0 Å². The molecular formula is C13H18FN3O2. The molecule has 104 valence electrons. The average molecular weight is 267 g/mol. The Hall–Kier alpha value is -1.66. The summed E-state index contributed by atoms with van der Waals surface area (Å²) >= 11 is 0. The van der Waals surface area contributed by atoms with Crippen LogP contribution in [0.15, 0.2) is 18.2 Å². The number of halogens is 1. The minimum absolute atomic E-state index is 0.133. The maximum absolute atomic E-state index is 13.5. The molecule has 0 aliphatic carbocycles. The maximum Gasteiger partial charge on any atom is 0.238 e. The van der Waals surface area contributed by atoms with Crippen LogP contribution in [0.3, 0.4) is 0 Å². The molecule has 0 spiro atoms. The molecule has 5 nitrogen and oxygen atoms in total. The second-order valence-electron chi connectivity index (χ2n) is 4.42. The summed E-state index contributed by atoms with van der Waals surface area (Å²) in [6, 6.07) is 4.38. The van der Waals surface area contributed by atoms with Gasteiger partial charge in [-0.25, -0.2) is 4.39 Å². The van der Waals surface area contributed by atoms with E-state index < -0.39 is 5.82 Å². The number of methoxy groups -OCH3 is 1. The number of anilines is 1. The van der Waals surface area contributed by atoms with E-state index in [9.17, 15) is 9.18 Å². The van der Waals surface area contributed by atoms with Gasteiger partial charge in [0.2, 0.25) is 5.91 Å². The first-order valence-corrected chi connectivity index (χ1v) is 6.25. The third kappa shape index (κ3) is 3.90. The lowest BCUT2D eigenvalue weighted by Crippen LogP contribution is -2.46. The molecular weight excluding hydrogens is 249 g/mol. The van der Waals surface area contributed by atoms with Crippen molar-refractivity contribution < 1.29 is 13.9 Å². The number of hydrogen-bond acceptors (Lipinski definition) is 4. The molecule has 1 saturated heterocycles. The van der Waals surface area contributed by atoms with Gasteiger partial charge in [-0.15, -0.1) is 0 Å². The van der Waals surface area contributed by atoms with Crippen LogP contribution in [0, 0.1) is 5.82 Å². The molecule has 0 atom stereocenters. The molecule has 6 heteroatoms. The molecule has 1 aliphatic heterocycles. The molecule has 2 rings (SSSR count). The lowest BCUT2D eigenvalue weighted by molar-refractivity contribution is -0.117. The van der Waals surface area contributed by atoms with Gasteiger partial charge in [-0.05, 0) is 12.1 Å². The van der Waals surface area contributed by atoms with Crippen molar-refractivity contribution in [3.63, 3.8) is 0 Å². The number of rotatable bonds is 4. The molecule has 1 aromatic carbocycles. The Balaban J connectivity index is 1.89. The zero-order valence-corrected chi connectivity index (χ0v) is 10.9. The topological polar surface area (TPSA) is 53.6 Å². The van der Waals surface area contributed by atoms with Gasteiger partial charge in [-0.2, -0.15) is 0 Å². The summed E-state index contributed by atoms with van der Waals surface area (Å²) in [7, 11) is 1.40. The van der Waals surface area contributed by atoms with Gasteiger partial charge in [0.15, 0.2) is 11.6 Å². The number of hydrogen-bond donors (Lipinski definition) is 2. The summed E-state index contributed by atoms with van der Waals surface area (Å²) in [5.74, 6) is -0.450. The van der Waals surface area contributed by atoms with Gasteiger partial charge in [-0.3, -0.25) is 9.69 Å². The Kier molecular flexibility index (Phi) is 4.70. The van der Waals surface area contributed by atoms with Gasteiger partial charge < -0.3 is 15.4 Å². The molecule has 0 bridgehead atoms. The molecule has 19 heavy (non-hydrogen) atoms. The first-order valence-electron chi connectivity index (χ1n) is 6.25. The van der Waals surface area contributed by atoms with E-state index in [1.807, 2.05) is 0 Å². The highest BCUT2D eigenvalue weighted by Crippen LogP contribution is 2.20. The Labute approximate surface area is 111 Å². The van der Waals surface area contributed by atoms with Crippen molar-refractivity contribution in [2.24, 2.45) is 0 Å². The molecule has 1 fully saturated rings. The van der Waals surface area contributed by atoms with E-state index in [2.05, 4.69) is 15.5 Å². The van der Waals surface area contributed by atoms with Gasteiger partial charge in [0.25, 0.3) is 0 Å². The van der Waals surface area contributed by atoms with Crippen molar-refractivity contribution in [1.29, 1.82) is 0 Å². The SMILES string of the molecule is COc1ccc(NC(=O)CN2CCNCC2)cc1F. The van der Waals surface area contributed by atoms with E-state index in [4.69, 9.17) is 4.74 Å². The summed E-state index contributed by atoms with van der Waals surface area (Å²) in [4.78, 5) is 13.9. The van der Waals surface area contributed by atoms with Crippen molar-refractivity contribution >= 4 is 11.6 Å². The van der Waals surface area contributed by atoms with Crippen molar-refractivity contribution in [2.45, 2.75) is 0 Å². The van der Waals surface area contributed by atoms with E-state index in [1.165, 1.54) is 19.2 Å². The number of benzene rings is 1. The van der Waals surface area contributed by atoms with Crippen molar-refractivity contribution in [3.8, 4) is 5.75 Å². The average Bonchev–Trinajstić information content (AvgIpc) is 2.40. The van der Waals surface area contributed by atoms with Gasteiger partial charge in [0.05, 0.1) is 13.7 Å². The summed E-state index contributed by atoms with van der Waals surface area (Å²) in [5.41, 5.74) is 0.443. The number of carbonyl (C=O) groups excluding carboxylic acids is 1. The molecule has 1 heterocycles. The molecule has 1 amide bonds. The second kappa shape index (κ2) is 6.49. The van der Waals surface area contributed by atoms with Crippen LogP contribution in [0.1, 0.15) is 0 Å². The largest absolute Gasteiger partial charge is 0.494 e. The van der Waals surface area contributed by atoms with Crippen LogP contribution in [-0.2, 0) is 4.79 Å². The van der Waals surface area contributed by atoms with Crippen LogP contribution in [0.2, 0.25) is 0 Å². The molecule has 2 N–H and O–H groups in total. The normalized spacial score (nSPS) is 16.1. The van der Waals surface area contributed by atoms with E-state index in [1.54, 1.807) is 6.07 Å². The third-order valence-electron chi connectivity index (χ3n) is 3.01. The number of nitrogens with zero attached hydrogens (tertiary/aromatic N) is 1. The van der Waals surface area contributed by atoms with Crippen LogP contribution in [0.5, 0.6) is 5.75 Å². The molecule has 1 aromatic rings. The first-order chi connectivity index (χ1) is 9.19. The third-order valence-corrected chi connectivity index (χ3v) is 3.01. The van der Waals surface area contributed by atoms with Crippen molar-refractivity contribution in [1.82, 2.24) is 10.2 Å². The Morgan fingerprint density at radius 3 is 2.84 bits per heavy atom. The molecule has 0 aromatic heterocycles. The summed E-state index contributed by atoms with van der Waals surface area (Å²) < 4.78 is 18.3. The maximum atomic E-state index is 13.5. The predicted octanol–water partition coefficient (Wildman–Crippen LogP) is 0.678. The quantitative estimate of drug-likeness (QED) is 0.842. The minimum atomic E-state index is -0.484. The molecule has 0 saturated carbocycles. The van der Waals surface area contributed by atoms with Crippen molar-refractivity contribution in [2.75, 3.05) is 45.2 Å². The van der Waals surface area contributed by atoms with E-state index in [0.29, 0.717) is 12.2 Å². The second-order valence-corrected chi connectivity index (χ2v) is 4.42. The fraction of sp³-hybridized carbons (Fsp3) is 0.462.